The van der Waals surface area contributed by atoms with E-state index >= 15 is 0 Å². The van der Waals surface area contributed by atoms with Crippen LogP contribution >= 0.6 is 11.6 Å². The normalized spacial score (nSPS) is 20.8. The smallest absolute Gasteiger partial charge is 0.253 e. The molecule has 0 saturated heterocycles. The highest BCUT2D eigenvalue weighted by molar-refractivity contribution is 6.30. The van der Waals surface area contributed by atoms with Crippen molar-refractivity contribution in [3.05, 3.63) is 52.3 Å². The Morgan fingerprint density at radius 2 is 1.92 bits per heavy atom. The lowest BCUT2D eigenvalue weighted by Gasteiger charge is -2.27. The number of aryl methyl sites for hydroxylation is 1. The van der Waals surface area contributed by atoms with Crippen molar-refractivity contribution in [2.75, 3.05) is 0 Å². The van der Waals surface area contributed by atoms with E-state index in [4.69, 9.17) is 11.6 Å². The van der Waals surface area contributed by atoms with Crippen molar-refractivity contribution >= 4 is 17.5 Å². The second-order valence-electron chi connectivity index (χ2n) is 7.04. The van der Waals surface area contributed by atoms with Gasteiger partial charge >= 0.3 is 0 Å². The van der Waals surface area contributed by atoms with Gasteiger partial charge in [0.05, 0.1) is 5.56 Å². The zero-order valence-electron chi connectivity index (χ0n) is 14.6. The number of nitrogens with one attached hydrogen (secondary N) is 1. The lowest BCUT2D eigenvalue weighted by Crippen LogP contribution is -2.38. The van der Waals surface area contributed by atoms with Crippen molar-refractivity contribution in [3.63, 3.8) is 0 Å². The molecule has 1 N–H and O–H groups in total. The third-order valence-corrected chi connectivity index (χ3v) is 5.28. The number of benzene rings is 1. The Morgan fingerprint density at radius 3 is 2.58 bits per heavy atom. The minimum atomic E-state index is 0.0439. The zero-order valence-corrected chi connectivity index (χ0v) is 15.4. The molecule has 2 atom stereocenters. The van der Waals surface area contributed by atoms with Crippen LogP contribution in [0.25, 0.3) is 5.69 Å². The molecule has 1 aromatic carbocycles. The molecule has 1 aliphatic rings. The molecule has 2 unspecified atom stereocenters. The molecule has 0 radical (unpaired) electrons. The molecule has 4 heteroatoms. The first-order valence-electron chi connectivity index (χ1n) is 8.71. The fourth-order valence-electron chi connectivity index (χ4n) is 3.81. The van der Waals surface area contributed by atoms with E-state index in [-0.39, 0.29) is 5.91 Å². The number of hydrogen-bond donors (Lipinski definition) is 1. The van der Waals surface area contributed by atoms with Crippen LogP contribution in [0.1, 0.15) is 54.4 Å². The molecule has 0 aliphatic heterocycles. The summed E-state index contributed by atoms with van der Waals surface area (Å²) in [4.78, 5) is 12.7. The van der Waals surface area contributed by atoms with Gasteiger partial charge < -0.3 is 9.88 Å². The summed E-state index contributed by atoms with van der Waals surface area (Å²) in [7, 11) is 0. The number of aromatic nitrogens is 1. The van der Waals surface area contributed by atoms with Crippen LogP contribution in [0.2, 0.25) is 5.02 Å². The Hall–Kier alpha value is -1.74. The van der Waals surface area contributed by atoms with Gasteiger partial charge in [0, 0.05) is 28.1 Å². The molecular weight excluding hydrogens is 320 g/mol. The summed E-state index contributed by atoms with van der Waals surface area (Å²) in [5, 5.41) is 3.95. The summed E-state index contributed by atoms with van der Waals surface area (Å²) >= 11 is 5.98. The standard InChI is InChI=1S/C20H25ClN2O/c1-13-5-4-6-17(11-13)22-20(24)19-12-14(2)23(15(19)3)18-9-7-16(21)8-10-18/h7-10,12-13,17H,4-6,11H2,1-3H3,(H,22,24). The molecule has 0 spiro atoms. The van der Waals surface area contributed by atoms with Gasteiger partial charge in [-0.1, -0.05) is 31.4 Å². The molecule has 1 aliphatic carbocycles. The van der Waals surface area contributed by atoms with Gasteiger partial charge in [0.2, 0.25) is 0 Å². The first-order chi connectivity index (χ1) is 11.5. The molecule has 1 heterocycles. The van der Waals surface area contributed by atoms with Crippen LogP contribution in [0.15, 0.2) is 30.3 Å². The molecule has 2 aromatic rings. The van der Waals surface area contributed by atoms with Gasteiger partial charge in [-0.25, -0.2) is 0 Å². The first-order valence-corrected chi connectivity index (χ1v) is 9.09. The zero-order chi connectivity index (χ0) is 17.3. The Labute approximate surface area is 149 Å². The molecular formula is C20H25ClN2O. The van der Waals surface area contributed by atoms with Gasteiger partial charge in [-0.05, 0) is 62.9 Å². The van der Waals surface area contributed by atoms with E-state index in [0.29, 0.717) is 17.0 Å². The van der Waals surface area contributed by atoms with E-state index in [1.165, 1.54) is 12.8 Å². The summed E-state index contributed by atoms with van der Waals surface area (Å²) < 4.78 is 2.11. The summed E-state index contributed by atoms with van der Waals surface area (Å²) in [5.74, 6) is 0.743. The van der Waals surface area contributed by atoms with Crippen LogP contribution < -0.4 is 5.32 Å². The van der Waals surface area contributed by atoms with E-state index in [0.717, 1.165) is 35.5 Å². The van der Waals surface area contributed by atoms with Gasteiger partial charge in [-0.3, -0.25) is 4.79 Å². The topological polar surface area (TPSA) is 34.0 Å². The van der Waals surface area contributed by atoms with Gasteiger partial charge in [0.1, 0.15) is 0 Å². The van der Waals surface area contributed by atoms with Crippen molar-refractivity contribution in [2.24, 2.45) is 5.92 Å². The van der Waals surface area contributed by atoms with Crippen molar-refractivity contribution in [1.82, 2.24) is 9.88 Å². The fraction of sp³-hybridized carbons (Fsp3) is 0.450. The van der Waals surface area contributed by atoms with Crippen molar-refractivity contribution < 1.29 is 4.79 Å². The third-order valence-electron chi connectivity index (χ3n) is 5.03. The van der Waals surface area contributed by atoms with Crippen LogP contribution in [0.5, 0.6) is 0 Å². The van der Waals surface area contributed by atoms with Gasteiger partial charge in [0.25, 0.3) is 5.91 Å². The average molecular weight is 345 g/mol. The lowest BCUT2D eigenvalue weighted by molar-refractivity contribution is 0.0921. The monoisotopic (exact) mass is 344 g/mol. The lowest BCUT2D eigenvalue weighted by atomic mass is 9.87. The van der Waals surface area contributed by atoms with E-state index < -0.39 is 0 Å². The predicted octanol–water partition coefficient (Wildman–Crippen LogP) is 5.06. The van der Waals surface area contributed by atoms with Crippen LogP contribution in [0.4, 0.5) is 0 Å². The van der Waals surface area contributed by atoms with E-state index in [9.17, 15) is 4.79 Å². The average Bonchev–Trinajstić information content (AvgIpc) is 2.83. The third kappa shape index (κ3) is 3.51. The maximum absolute atomic E-state index is 12.7. The number of carbonyl (C=O) groups excluding carboxylic acids is 1. The van der Waals surface area contributed by atoms with Crippen LogP contribution in [0.3, 0.4) is 0 Å². The molecule has 0 bridgehead atoms. The molecule has 128 valence electrons. The quantitative estimate of drug-likeness (QED) is 0.830. The number of hydrogen-bond acceptors (Lipinski definition) is 1. The minimum Gasteiger partial charge on any atom is -0.349 e. The summed E-state index contributed by atoms with van der Waals surface area (Å²) in [5.41, 5.74) is 3.81. The highest BCUT2D eigenvalue weighted by Crippen LogP contribution is 2.25. The minimum absolute atomic E-state index is 0.0439. The van der Waals surface area contributed by atoms with E-state index in [2.05, 4.69) is 16.8 Å². The Kier molecular flexibility index (Phi) is 5.00. The molecule has 1 amide bonds. The summed E-state index contributed by atoms with van der Waals surface area (Å²) in [6, 6.07) is 9.99. The Bertz CT molecular complexity index is 733. The Balaban J connectivity index is 1.83. The largest absolute Gasteiger partial charge is 0.349 e. The molecule has 3 nitrogen and oxygen atoms in total. The molecule has 24 heavy (non-hydrogen) atoms. The fourth-order valence-corrected chi connectivity index (χ4v) is 3.93. The molecule has 1 fully saturated rings. The molecule has 1 aromatic heterocycles. The molecule has 1 saturated carbocycles. The van der Waals surface area contributed by atoms with Gasteiger partial charge in [-0.15, -0.1) is 0 Å². The predicted molar refractivity (Wildman–Crippen MR) is 99.1 cm³/mol. The number of halogens is 1. The summed E-state index contributed by atoms with van der Waals surface area (Å²) in [6.45, 7) is 6.30. The van der Waals surface area contributed by atoms with Crippen molar-refractivity contribution in [1.29, 1.82) is 0 Å². The van der Waals surface area contributed by atoms with Crippen molar-refractivity contribution in [2.45, 2.75) is 52.5 Å². The van der Waals surface area contributed by atoms with Crippen LogP contribution in [-0.2, 0) is 0 Å². The van der Waals surface area contributed by atoms with Gasteiger partial charge in [0.15, 0.2) is 0 Å². The molecule has 3 rings (SSSR count). The van der Waals surface area contributed by atoms with Gasteiger partial charge in [-0.2, -0.15) is 0 Å². The number of rotatable bonds is 3. The number of nitrogens with zero attached hydrogens (tertiary/aromatic N) is 1. The second-order valence-corrected chi connectivity index (χ2v) is 7.48. The Morgan fingerprint density at radius 1 is 1.21 bits per heavy atom. The van der Waals surface area contributed by atoms with Crippen LogP contribution in [-0.4, -0.2) is 16.5 Å². The van der Waals surface area contributed by atoms with Crippen molar-refractivity contribution in [3.8, 4) is 5.69 Å². The number of amides is 1. The first kappa shape index (κ1) is 17.1. The maximum atomic E-state index is 12.7. The highest BCUT2D eigenvalue weighted by atomic mass is 35.5. The summed E-state index contributed by atoms with van der Waals surface area (Å²) in [6.07, 6.45) is 4.65. The van der Waals surface area contributed by atoms with E-state index in [1.807, 2.05) is 44.2 Å². The highest BCUT2D eigenvalue weighted by Gasteiger charge is 2.23. The number of carbonyl (C=O) groups is 1. The SMILES string of the molecule is Cc1cc(C(=O)NC2CCCC(C)C2)c(C)n1-c1ccc(Cl)cc1. The second kappa shape index (κ2) is 7.02. The maximum Gasteiger partial charge on any atom is 0.253 e. The van der Waals surface area contributed by atoms with E-state index in [1.54, 1.807) is 0 Å². The van der Waals surface area contributed by atoms with Crippen LogP contribution in [0, 0.1) is 19.8 Å².